The van der Waals surface area contributed by atoms with Crippen LogP contribution in [0, 0.1) is 29.1 Å². The Morgan fingerprint density at radius 2 is 1.61 bits per heavy atom. The van der Waals surface area contributed by atoms with Crippen LogP contribution in [0.4, 0.5) is 0 Å². The Balaban J connectivity index is 0.898. The second kappa shape index (κ2) is 18.2. The van der Waals surface area contributed by atoms with Crippen molar-refractivity contribution in [2.75, 3.05) is 0 Å². The number of benzene rings is 2. The molecule has 1 saturated carbocycles. The van der Waals surface area contributed by atoms with E-state index in [4.69, 9.17) is 19.7 Å². The fraction of sp³-hybridized carbons (Fsp3) is 0.422. The summed E-state index contributed by atoms with van der Waals surface area (Å²) in [4.78, 5) is 16.9. The van der Waals surface area contributed by atoms with E-state index in [1.807, 2.05) is 0 Å². The van der Waals surface area contributed by atoms with E-state index in [-0.39, 0.29) is 29.3 Å². The average molecular weight is 909 g/mol. The van der Waals surface area contributed by atoms with Gasteiger partial charge in [-0.15, -0.1) is 0 Å². The molecule has 3 heterocycles. The van der Waals surface area contributed by atoms with E-state index < -0.39 is 0 Å². The Kier molecular flexibility index (Phi) is 11.4. The average Bonchev–Trinajstić information content (AvgIpc) is 3.98. The van der Waals surface area contributed by atoms with Crippen molar-refractivity contribution in [3.63, 3.8) is 0 Å². The topological polar surface area (TPSA) is 52.8 Å². The highest BCUT2D eigenvalue weighted by Gasteiger charge is 2.50. The van der Waals surface area contributed by atoms with Crippen LogP contribution in [0.15, 0.2) is 167 Å². The number of hydrogen-bond acceptors (Lipinski definition) is 4. The lowest BCUT2D eigenvalue weighted by Crippen LogP contribution is -2.39. The summed E-state index contributed by atoms with van der Waals surface area (Å²) >= 11 is 0. The quantitative estimate of drug-likeness (QED) is 0.165. The van der Waals surface area contributed by atoms with E-state index >= 15 is 0 Å². The molecule has 2 aromatic heterocycles. The standard InChI is InChI=1S/C64H68N4O/c1-64(50-31-34-58-55(41-50)54-33-32-53-52-29-17-18-30-57(52)68(59(53)60(54)69-58)51-27-15-6-16-28-51)36-35-46(49-38-47(42-19-7-2-8-20-42)37-48(39-49)43-21-9-3-10-22-43)40-56(64)63-66-61(44-23-11-4-12-24-44)65-62(67-63)45-25-13-5-14-26-45/h2,4,6-8,11,13,15-19,21,25,27-30,32-33,37-38,41-42,44-46,49,54,56,60H,3,5,9-10,12,14,20,22-24,26,31,34-36,39-40H2,1H3/t42?,44?,45?,46?,49?,54?,56?,60?,64-/m0/s1. The summed E-state index contributed by atoms with van der Waals surface area (Å²) in [5.74, 6) is 6.75. The first-order chi connectivity index (χ1) is 34.1. The molecule has 0 N–H and O–H groups in total. The number of ether oxygens (including phenoxy) is 1. The van der Waals surface area contributed by atoms with Gasteiger partial charge in [-0.25, -0.2) is 15.0 Å². The van der Waals surface area contributed by atoms with Crippen molar-refractivity contribution in [2.45, 2.75) is 140 Å². The third-order valence-electron chi connectivity index (χ3n) is 18.1. The van der Waals surface area contributed by atoms with Gasteiger partial charge in [0.05, 0.1) is 11.2 Å². The molecule has 8 unspecified atom stereocenters. The van der Waals surface area contributed by atoms with Crippen molar-refractivity contribution in [1.82, 2.24) is 19.5 Å². The lowest BCUT2D eigenvalue weighted by molar-refractivity contribution is 0.111. The normalized spacial score (nSPS) is 31.6. The SMILES string of the molecule is C[C@@]1(C2=CC3=C(CC2)OC2c4c(c5ccccc5n4-c4ccccc4)C=CC32)CCC(C2C=C(C3C=CC=CC3)C=C(C3=CCCCC3)C2)CC1c1nc(C2C=CCCC2)nc(C2CC=CCC2)n1. The molecule has 0 radical (unpaired) electrons. The summed E-state index contributed by atoms with van der Waals surface area (Å²) in [5, 5.41) is 1.29. The first-order valence-electron chi connectivity index (χ1n) is 27.1. The van der Waals surface area contributed by atoms with Gasteiger partial charge in [0.2, 0.25) is 0 Å². The molecule has 1 fully saturated rings. The molecule has 4 aromatic rings. The van der Waals surface area contributed by atoms with Crippen LogP contribution in [0.5, 0.6) is 0 Å². The highest BCUT2D eigenvalue weighted by Crippen LogP contribution is 2.60. The minimum Gasteiger partial charge on any atom is -0.487 e. The third-order valence-corrected chi connectivity index (χ3v) is 18.1. The monoisotopic (exact) mass is 909 g/mol. The number of nitrogens with zero attached hydrogens (tertiary/aromatic N) is 4. The number of allylic oxidation sites excluding steroid dienone is 17. The molecule has 350 valence electrons. The minimum atomic E-state index is -0.108. The minimum absolute atomic E-state index is 0.0670. The van der Waals surface area contributed by atoms with Crippen molar-refractivity contribution in [3.8, 4) is 5.69 Å². The van der Waals surface area contributed by atoms with E-state index in [2.05, 4.69) is 151 Å². The molecule has 0 amide bonds. The van der Waals surface area contributed by atoms with Gasteiger partial charge in [0.25, 0.3) is 0 Å². The van der Waals surface area contributed by atoms with Gasteiger partial charge in [0, 0.05) is 58.2 Å². The van der Waals surface area contributed by atoms with Gasteiger partial charge in [0.1, 0.15) is 29.3 Å². The van der Waals surface area contributed by atoms with Crippen LogP contribution in [0.2, 0.25) is 0 Å². The molecule has 69 heavy (non-hydrogen) atoms. The Morgan fingerprint density at radius 1 is 0.710 bits per heavy atom. The molecule has 2 aromatic carbocycles. The summed E-state index contributed by atoms with van der Waals surface area (Å²) in [6.45, 7) is 2.62. The fourth-order valence-corrected chi connectivity index (χ4v) is 14.3. The van der Waals surface area contributed by atoms with Crippen molar-refractivity contribution >= 4 is 17.0 Å². The van der Waals surface area contributed by atoms with Crippen molar-refractivity contribution in [3.05, 3.63) is 196 Å². The maximum absolute atomic E-state index is 7.24. The molecular weight excluding hydrogens is 841 g/mol. The summed E-state index contributed by atoms with van der Waals surface area (Å²) in [7, 11) is 0. The van der Waals surface area contributed by atoms with Crippen molar-refractivity contribution in [1.29, 1.82) is 0 Å². The molecule has 9 aliphatic rings. The Bertz CT molecular complexity index is 2980. The van der Waals surface area contributed by atoms with Crippen LogP contribution >= 0.6 is 0 Å². The number of para-hydroxylation sites is 2. The van der Waals surface area contributed by atoms with E-state index in [0.29, 0.717) is 23.7 Å². The molecule has 5 heteroatoms. The molecule has 13 rings (SSSR count). The number of aromatic nitrogens is 4. The number of rotatable bonds is 8. The first kappa shape index (κ1) is 43.2. The molecule has 5 nitrogen and oxygen atoms in total. The zero-order valence-corrected chi connectivity index (χ0v) is 40.6. The predicted octanol–water partition coefficient (Wildman–Crippen LogP) is 16.2. The summed E-state index contributed by atoms with van der Waals surface area (Å²) in [6.07, 6.45) is 53.6. The van der Waals surface area contributed by atoms with E-state index in [1.54, 1.807) is 16.7 Å². The lowest BCUT2D eigenvalue weighted by atomic mass is 9.56. The second-order valence-electron chi connectivity index (χ2n) is 22.2. The third kappa shape index (κ3) is 7.87. The largest absolute Gasteiger partial charge is 0.487 e. The van der Waals surface area contributed by atoms with Crippen molar-refractivity contribution in [2.24, 2.45) is 29.1 Å². The predicted molar refractivity (Wildman–Crippen MR) is 281 cm³/mol. The molecule has 0 saturated heterocycles. The van der Waals surface area contributed by atoms with Crippen LogP contribution in [-0.4, -0.2) is 19.5 Å². The van der Waals surface area contributed by atoms with Gasteiger partial charge in [-0.05, 0) is 155 Å². The zero-order valence-electron chi connectivity index (χ0n) is 40.6. The molecule has 1 aliphatic heterocycles. The maximum atomic E-state index is 7.24. The summed E-state index contributed by atoms with van der Waals surface area (Å²) < 4.78 is 9.72. The highest BCUT2D eigenvalue weighted by molar-refractivity contribution is 5.94. The summed E-state index contributed by atoms with van der Waals surface area (Å²) in [6, 6.07) is 19.8. The van der Waals surface area contributed by atoms with Gasteiger partial charge in [0.15, 0.2) is 0 Å². The maximum Gasteiger partial charge on any atom is 0.149 e. The fourth-order valence-electron chi connectivity index (χ4n) is 14.3. The number of fused-ring (bicyclic) bond motifs is 6. The molecular formula is C64H68N4O. The highest BCUT2D eigenvalue weighted by atomic mass is 16.5. The second-order valence-corrected chi connectivity index (χ2v) is 22.2. The van der Waals surface area contributed by atoms with Crippen LogP contribution in [0.1, 0.15) is 169 Å². The van der Waals surface area contributed by atoms with E-state index in [1.165, 1.54) is 83.3 Å². The van der Waals surface area contributed by atoms with Crippen LogP contribution in [0.25, 0.3) is 22.7 Å². The van der Waals surface area contributed by atoms with Gasteiger partial charge in [-0.3, -0.25) is 0 Å². The smallest absolute Gasteiger partial charge is 0.149 e. The summed E-state index contributed by atoms with van der Waals surface area (Å²) in [5.41, 5.74) is 12.6. The number of hydrogen-bond donors (Lipinski definition) is 0. The van der Waals surface area contributed by atoms with Crippen LogP contribution in [0.3, 0.4) is 0 Å². The molecule has 8 aliphatic carbocycles. The van der Waals surface area contributed by atoms with Gasteiger partial charge >= 0.3 is 0 Å². The zero-order chi connectivity index (χ0) is 45.9. The molecule has 9 atom stereocenters. The van der Waals surface area contributed by atoms with Gasteiger partial charge < -0.3 is 9.30 Å². The van der Waals surface area contributed by atoms with Gasteiger partial charge in [-0.1, -0.05) is 134 Å². The van der Waals surface area contributed by atoms with Crippen LogP contribution < -0.4 is 0 Å². The van der Waals surface area contributed by atoms with Crippen molar-refractivity contribution < 1.29 is 4.74 Å². The Labute approximate surface area is 410 Å². The van der Waals surface area contributed by atoms with E-state index in [9.17, 15) is 0 Å². The van der Waals surface area contributed by atoms with Gasteiger partial charge in [-0.2, -0.15) is 0 Å². The Morgan fingerprint density at radius 3 is 2.45 bits per heavy atom. The molecule has 0 spiro atoms. The lowest BCUT2D eigenvalue weighted by Gasteiger charge is -2.48. The van der Waals surface area contributed by atoms with Crippen LogP contribution in [-0.2, 0) is 4.74 Å². The Hall–Kier alpha value is -5.81. The molecule has 0 bridgehead atoms. The van der Waals surface area contributed by atoms with E-state index in [0.717, 1.165) is 88.1 Å². The first-order valence-corrected chi connectivity index (χ1v) is 27.1.